The fraction of sp³-hybridized carbons (Fsp3) is 0.818. The largest absolute Gasteiger partial charge is 0.300 e. The maximum Gasteiger partial charge on any atom is 0.139 e. The van der Waals surface area contributed by atoms with Gasteiger partial charge >= 0.3 is 0 Å². The quantitative estimate of drug-likeness (QED) is 0.637. The van der Waals surface area contributed by atoms with Gasteiger partial charge in [-0.2, -0.15) is 0 Å². The molecular weight excluding hydrogens is 164 g/mol. The Kier molecular flexibility index (Phi) is 30.6. The molecule has 0 atom stereocenters. The van der Waals surface area contributed by atoms with Crippen LogP contribution in [0.3, 0.4) is 0 Å². The summed E-state index contributed by atoms with van der Waals surface area (Å²) in [5, 5.41) is 0. The zero-order valence-corrected chi connectivity index (χ0v) is 7.94. The summed E-state index contributed by atoms with van der Waals surface area (Å²) in [6, 6.07) is 0. The number of Topliss-reactive ketones (excluding diaryl/α,β-unsaturated/α-hetero) is 2. The molecule has 0 aliphatic heterocycles. The second kappa shape index (κ2) is 17.4. The predicted molar refractivity (Wildman–Crippen MR) is 60.0 cm³/mol. The molecule has 0 aliphatic carbocycles. The van der Waals surface area contributed by atoms with Crippen LogP contribution in [0.15, 0.2) is 0 Å². The minimum absolute atomic E-state index is 0. The van der Waals surface area contributed by atoms with Gasteiger partial charge in [0.25, 0.3) is 0 Å². The van der Waals surface area contributed by atoms with Crippen molar-refractivity contribution in [2.24, 2.45) is 0 Å². The van der Waals surface area contributed by atoms with Crippen molar-refractivity contribution in [2.75, 3.05) is 0 Å². The topological polar surface area (TPSA) is 34.1 Å². The molecule has 0 N–H and O–H groups in total. The third-order valence-electron chi connectivity index (χ3n) is 0.840. The Morgan fingerprint density at radius 3 is 1.38 bits per heavy atom. The SMILES string of the molecule is C.C.CCC.CCC(=O)CC(C)=O. The third-order valence-corrected chi connectivity index (χ3v) is 0.840. The van der Waals surface area contributed by atoms with E-state index in [0.717, 1.165) is 0 Å². The van der Waals surface area contributed by atoms with Crippen LogP contribution >= 0.6 is 0 Å². The van der Waals surface area contributed by atoms with Crippen LogP contribution < -0.4 is 0 Å². The van der Waals surface area contributed by atoms with Crippen LogP contribution in [0, 0.1) is 0 Å². The van der Waals surface area contributed by atoms with E-state index in [0.29, 0.717) is 6.42 Å². The fourth-order valence-electron chi connectivity index (χ4n) is 0.403. The lowest BCUT2D eigenvalue weighted by atomic mass is 10.2. The van der Waals surface area contributed by atoms with Crippen LogP contribution in [0.4, 0.5) is 0 Å². The van der Waals surface area contributed by atoms with Crippen molar-refractivity contribution in [1.29, 1.82) is 0 Å². The molecule has 0 saturated carbocycles. The zero-order valence-electron chi connectivity index (χ0n) is 7.94. The summed E-state index contributed by atoms with van der Waals surface area (Å²) in [7, 11) is 0. The molecule has 0 spiro atoms. The first-order valence-electron chi connectivity index (χ1n) is 4.09. The van der Waals surface area contributed by atoms with Crippen molar-refractivity contribution >= 4 is 11.6 Å². The normalized spacial score (nSPS) is 6.77. The molecule has 0 aliphatic rings. The maximum absolute atomic E-state index is 10.4. The van der Waals surface area contributed by atoms with Gasteiger partial charge in [0.15, 0.2) is 0 Å². The molecule has 0 fully saturated rings. The van der Waals surface area contributed by atoms with Gasteiger partial charge in [-0.1, -0.05) is 42.0 Å². The summed E-state index contributed by atoms with van der Waals surface area (Å²) in [5.41, 5.74) is 0. The van der Waals surface area contributed by atoms with Gasteiger partial charge in [0, 0.05) is 6.42 Å². The van der Waals surface area contributed by atoms with Gasteiger partial charge in [-0.15, -0.1) is 0 Å². The van der Waals surface area contributed by atoms with Crippen molar-refractivity contribution in [2.45, 2.75) is 61.8 Å². The minimum Gasteiger partial charge on any atom is -0.300 e. The third kappa shape index (κ3) is 34.7. The molecule has 0 aromatic rings. The second-order valence-corrected chi connectivity index (χ2v) is 2.48. The highest BCUT2D eigenvalue weighted by atomic mass is 16.1. The second-order valence-electron chi connectivity index (χ2n) is 2.48. The standard InChI is InChI=1S/C6H10O2.C3H8.2CH4/c1-3-6(8)4-5(2)7;1-3-2;;/h3-4H2,1-2H3;3H2,1-2H3;2*1H4. The van der Waals surface area contributed by atoms with E-state index in [1.165, 1.54) is 13.3 Å². The molecular formula is C11H26O2. The van der Waals surface area contributed by atoms with Crippen molar-refractivity contribution in [3.8, 4) is 0 Å². The monoisotopic (exact) mass is 190 g/mol. The summed E-state index contributed by atoms with van der Waals surface area (Å²) < 4.78 is 0. The molecule has 0 bridgehead atoms. The van der Waals surface area contributed by atoms with E-state index >= 15 is 0 Å². The van der Waals surface area contributed by atoms with Crippen molar-refractivity contribution in [1.82, 2.24) is 0 Å². The lowest BCUT2D eigenvalue weighted by Gasteiger charge is -1.87. The van der Waals surface area contributed by atoms with Crippen LogP contribution in [-0.2, 0) is 9.59 Å². The number of carbonyl (C=O) groups excluding carboxylic acids is 2. The average Bonchev–Trinajstić information content (AvgIpc) is 1.88. The van der Waals surface area contributed by atoms with Crippen LogP contribution in [0.5, 0.6) is 0 Å². The molecule has 2 heteroatoms. The molecule has 0 rings (SSSR count). The molecule has 0 saturated heterocycles. The molecule has 0 amide bonds. The summed E-state index contributed by atoms with van der Waals surface area (Å²) in [4.78, 5) is 20.6. The Morgan fingerprint density at radius 1 is 1.00 bits per heavy atom. The summed E-state index contributed by atoms with van der Waals surface area (Å²) in [6.45, 7) is 7.43. The lowest BCUT2D eigenvalue weighted by Crippen LogP contribution is -2.01. The van der Waals surface area contributed by atoms with Crippen molar-refractivity contribution in [3.05, 3.63) is 0 Å². The minimum atomic E-state index is -0.0446. The van der Waals surface area contributed by atoms with Gasteiger partial charge in [-0.3, -0.25) is 9.59 Å². The highest BCUT2D eigenvalue weighted by molar-refractivity contribution is 5.97. The Bertz CT molecular complexity index is 117. The first-order valence-corrected chi connectivity index (χ1v) is 4.09. The van der Waals surface area contributed by atoms with Crippen LogP contribution in [-0.4, -0.2) is 11.6 Å². The highest BCUT2D eigenvalue weighted by Crippen LogP contribution is 1.87. The van der Waals surface area contributed by atoms with Crippen molar-refractivity contribution < 1.29 is 9.59 Å². The van der Waals surface area contributed by atoms with Gasteiger partial charge in [0.1, 0.15) is 11.6 Å². The van der Waals surface area contributed by atoms with Crippen LogP contribution in [0.25, 0.3) is 0 Å². The van der Waals surface area contributed by atoms with Gasteiger partial charge in [-0.05, 0) is 6.92 Å². The Balaban J connectivity index is -0.0000000720. The van der Waals surface area contributed by atoms with Gasteiger partial charge in [0.05, 0.1) is 6.42 Å². The van der Waals surface area contributed by atoms with E-state index in [1.54, 1.807) is 6.92 Å². The highest BCUT2D eigenvalue weighted by Gasteiger charge is 1.99. The van der Waals surface area contributed by atoms with E-state index in [-0.39, 0.29) is 32.8 Å². The van der Waals surface area contributed by atoms with E-state index < -0.39 is 0 Å². The number of carbonyl (C=O) groups is 2. The molecule has 0 aromatic carbocycles. The van der Waals surface area contributed by atoms with Gasteiger partial charge in [-0.25, -0.2) is 0 Å². The zero-order chi connectivity index (χ0) is 9.28. The number of hydrogen-bond acceptors (Lipinski definition) is 2. The van der Waals surface area contributed by atoms with Crippen molar-refractivity contribution in [3.63, 3.8) is 0 Å². The first kappa shape index (κ1) is 22.8. The van der Waals surface area contributed by atoms with Gasteiger partial charge in [0.2, 0.25) is 0 Å². The number of hydrogen-bond donors (Lipinski definition) is 0. The lowest BCUT2D eigenvalue weighted by molar-refractivity contribution is -0.125. The van der Waals surface area contributed by atoms with Crippen LogP contribution in [0.2, 0.25) is 0 Å². The summed E-state index contributed by atoms with van der Waals surface area (Å²) in [6.07, 6.45) is 1.83. The molecule has 0 aromatic heterocycles. The summed E-state index contributed by atoms with van der Waals surface area (Å²) >= 11 is 0. The fourth-order valence-corrected chi connectivity index (χ4v) is 0.403. The molecule has 0 heterocycles. The van der Waals surface area contributed by atoms with E-state index in [4.69, 9.17) is 0 Å². The summed E-state index contributed by atoms with van der Waals surface area (Å²) in [5.74, 6) is -0.0191. The van der Waals surface area contributed by atoms with Crippen LogP contribution in [0.1, 0.15) is 61.8 Å². The van der Waals surface area contributed by atoms with E-state index in [1.807, 2.05) is 0 Å². The number of ketones is 2. The Hall–Kier alpha value is -0.660. The first-order chi connectivity index (χ1) is 5.08. The molecule has 13 heavy (non-hydrogen) atoms. The van der Waals surface area contributed by atoms with E-state index in [2.05, 4.69) is 13.8 Å². The molecule has 0 radical (unpaired) electrons. The maximum atomic E-state index is 10.4. The smallest absolute Gasteiger partial charge is 0.139 e. The average molecular weight is 190 g/mol. The van der Waals surface area contributed by atoms with E-state index in [9.17, 15) is 9.59 Å². The molecule has 2 nitrogen and oxygen atoms in total. The predicted octanol–water partition coefficient (Wildman–Crippen LogP) is 3.63. The molecule has 0 unspecified atom stereocenters. The Labute approximate surface area is 83.7 Å². The Morgan fingerprint density at radius 2 is 1.31 bits per heavy atom. The number of rotatable bonds is 3. The van der Waals surface area contributed by atoms with Gasteiger partial charge < -0.3 is 0 Å². The molecule has 82 valence electrons.